The van der Waals surface area contributed by atoms with Crippen molar-refractivity contribution >= 4 is 0 Å². The molecule has 0 bridgehead atoms. The number of ether oxygens (including phenoxy) is 1. The van der Waals surface area contributed by atoms with E-state index in [4.69, 9.17) is 4.74 Å². The summed E-state index contributed by atoms with van der Waals surface area (Å²) in [5, 5.41) is 3.37. The molecule has 0 radical (unpaired) electrons. The fraction of sp³-hybridized carbons (Fsp3) is 0.571. The van der Waals surface area contributed by atoms with Crippen LogP contribution in [-0.2, 0) is 6.42 Å². The molecule has 0 amide bonds. The minimum atomic E-state index is 0.685. The lowest BCUT2D eigenvalue weighted by Gasteiger charge is -2.14. The molecule has 0 aliphatic carbocycles. The Bertz CT molecular complexity index is 343. The van der Waals surface area contributed by atoms with Crippen molar-refractivity contribution in [2.75, 3.05) is 19.7 Å². The van der Waals surface area contributed by atoms with Crippen LogP contribution in [0.5, 0.6) is 5.75 Å². The van der Waals surface area contributed by atoms with Crippen molar-refractivity contribution in [3.63, 3.8) is 0 Å². The molecule has 2 nitrogen and oxygen atoms in total. The third-order valence-corrected chi connectivity index (χ3v) is 3.24. The fourth-order valence-corrected chi connectivity index (χ4v) is 2.15. The molecule has 1 N–H and O–H groups in total. The van der Waals surface area contributed by atoms with Crippen LogP contribution in [0.25, 0.3) is 0 Å². The Kier molecular flexibility index (Phi) is 3.83. The van der Waals surface area contributed by atoms with E-state index >= 15 is 0 Å². The van der Waals surface area contributed by atoms with Crippen LogP contribution in [0.15, 0.2) is 18.2 Å². The third-order valence-electron chi connectivity index (χ3n) is 3.24. The minimum absolute atomic E-state index is 0.685. The molecular weight excluding hydrogens is 198 g/mol. The van der Waals surface area contributed by atoms with Crippen molar-refractivity contribution in [3.05, 3.63) is 29.3 Å². The second-order valence-corrected chi connectivity index (χ2v) is 4.63. The summed E-state index contributed by atoms with van der Waals surface area (Å²) >= 11 is 0. The van der Waals surface area contributed by atoms with Crippen molar-refractivity contribution in [1.29, 1.82) is 0 Å². The van der Waals surface area contributed by atoms with E-state index < -0.39 is 0 Å². The Balaban J connectivity index is 1.98. The highest BCUT2D eigenvalue weighted by Gasteiger charge is 2.15. The Labute approximate surface area is 98.0 Å². The van der Waals surface area contributed by atoms with Gasteiger partial charge in [0.05, 0.1) is 6.61 Å². The number of rotatable bonds is 4. The number of aryl methyl sites for hydroxylation is 2. The molecule has 2 rings (SSSR count). The minimum Gasteiger partial charge on any atom is -0.493 e. The van der Waals surface area contributed by atoms with E-state index in [0.717, 1.165) is 31.9 Å². The first-order valence-corrected chi connectivity index (χ1v) is 6.22. The molecule has 1 heterocycles. The molecular formula is C14H21NO. The second kappa shape index (κ2) is 5.35. The van der Waals surface area contributed by atoms with Crippen LogP contribution in [0.3, 0.4) is 0 Å². The van der Waals surface area contributed by atoms with Gasteiger partial charge in [0.25, 0.3) is 0 Å². The van der Waals surface area contributed by atoms with E-state index in [9.17, 15) is 0 Å². The first-order valence-electron chi connectivity index (χ1n) is 6.22. The number of hydrogen-bond donors (Lipinski definition) is 1. The summed E-state index contributed by atoms with van der Waals surface area (Å²) in [5.74, 6) is 1.76. The van der Waals surface area contributed by atoms with Gasteiger partial charge in [0, 0.05) is 12.5 Å². The van der Waals surface area contributed by atoms with Gasteiger partial charge in [-0.3, -0.25) is 0 Å². The van der Waals surface area contributed by atoms with Gasteiger partial charge in [-0.1, -0.05) is 19.1 Å². The van der Waals surface area contributed by atoms with Gasteiger partial charge in [-0.25, -0.2) is 0 Å². The van der Waals surface area contributed by atoms with E-state index in [0.29, 0.717) is 5.92 Å². The number of nitrogens with one attached hydrogen (secondary N) is 1. The molecule has 1 aromatic rings. The van der Waals surface area contributed by atoms with E-state index in [2.05, 4.69) is 37.4 Å². The smallest absolute Gasteiger partial charge is 0.122 e. The fourth-order valence-electron chi connectivity index (χ4n) is 2.15. The molecule has 16 heavy (non-hydrogen) atoms. The van der Waals surface area contributed by atoms with Gasteiger partial charge in [0.2, 0.25) is 0 Å². The summed E-state index contributed by atoms with van der Waals surface area (Å²) < 4.78 is 5.95. The molecule has 2 heteroatoms. The molecule has 1 unspecified atom stereocenters. The molecule has 88 valence electrons. The van der Waals surface area contributed by atoms with Crippen LogP contribution in [0.4, 0.5) is 0 Å². The topological polar surface area (TPSA) is 21.3 Å². The van der Waals surface area contributed by atoms with Crippen LogP contribution in [0.1, 0.15) is 24.5 Å². The van der Waals surface area contributed by atoms with Gasteiger partial charge in [-0.15, -0.1) is 0 Å². The van der Waals surface area contributed by atoms with Gasteiger partial charge in [-0.05, 0) is 43.5 Å². The lowest BCUT2D eigenvalue weighted by Crippen LogP contribution is -2.16. The van der Waals surface area contributed by atoms with E-state index in [1.54, 1.807) is 0 Å². The summed E-state index contributed by atoms with van der Waals surface area (Å²) in [5.41, 5.74) is 2.59. The van der Waals surface area contributed by atoms with Gasteiger partial charge < -0.3 is 10.1 Å². The summed E-state index contributed by atoms with van der Waals surface area (Å²) in [7, 11) is 0. The average molecular weight is 219 g/mol. The summed E-state index contributed by atoms with van der Waals surface area (Å²) in [6, 6.07) is 6.49. The predicted octanol–water partition coefficient (Wildman–Crippen LogP) is 2.55. The van der Waals surface area contributed by atoms with Crippen LogP contribution < -0.4 is 10.1 Å². The Morgan fingerprint density at radius 3 is 3.00 bits per heavy atom. The molecule has 1 aliphatic heterocycles. The van der Waals surface area contributed by atoms with Gasteiger partial charge in [-0.2, -0.15) is 0 Å². The Hall–Kier alpha value is -1.02. The molecule has 0 aromatic heterocycles. The van der Waals surface area contributed by atoms with Crippen LogP contribution in [0, 0.1) is 12.8 Å². The van der Waals surface area contributed by atoms with Gasteiger partial charge in [0.15, 0.2) is 0 Å². The van der Waals surface area contributed by atoms with E-state index in [1.807, 2.05) is 0 Å². The zero-order chi connectivity index (χ0) is 11.4. The van der Waals surface area contributed by atoms with Crippen LogP contribution >= 0.6 is 0 Å². The first kappa shape index (κ1) is 11.5. The lowest BCUT2D eigenvalue weighted by molar-refractivity contribution is 0.258. The van der Waals surface area contributed by atoms with Crippen molar-refractivity contribution in [2.45, 2.75) is 26.7 Å². The Morgan fingerprint density at radius 1 is 1.44 bits per heavy atom. The largest absolute Gasteiger partial charge is 0.493 e. The van der Waals surface area contributed by atoms with Crippen molar-refractivity contribution < 1.29 is 4.74 Å². The quantitative estimate of drug-likeness (QED) is 0.840. The van der Waals surface area contributed by atoms with Crippen molar-refractivity contribution in [2.24, 2.45) is 5.92 Å². The number of benzene rings is 1. The highest BCUT2D eigenvalue weighted by molar-refractivity contribution is 5.37. The Morgan fingerprint density at radius 2 is 2.31 bits per heavy atom. The zero-order valence-electron chi connectivity index (χ0n) is 10.3. The SMILES string of the molecule is CCc1ccc(C)cc1OCC1CCNC1. The maximum absolute atomic E-state index is 5.95. The van der Waals surface area contributed by atoms with Gasteiger partial charge >= 0.3 is 0 Å². The van der Waals surface area contributed by atoms with E-state index in [-0.39, 0.29) is 0 Å². The molecule has 1 saturated heterocycles. The second-order valence-electron chi connectivity index (χ2n) is 4.63. The molecule has 0 spiro atoms. The van der Waals surface area contributed by atoms with Crippen LogP contribution in [0.2, 0.25) is 0 Å². The normalized spacial score (nSPS) is 20.0. The molecule has 0 saturated carbocycles. The van der Waals surface area contributed by atoms with Crippen molar-refractivity contribution in [1.82, 2.24) is 5.32 Å². The summed E-state index contributed by atoms with van der Waals surface area (Å²) in [6.45, 7) is 7.39. The maximum Gasteiger partial charge on any atom is 0.122 e. The highest BCUT2D eigenvalue weighted by atomic mass is 16.5. The lowest BCUT2D eigenvalue weighted by atomic mass is 10.1. The zero-order valence-corrected chi connectivity index (χ0v) is 10.3. The summed E-state index contributed by atoms with van der Waals surface area (Å²) in [6.07, 6.45) is 2.28. The standard InChI is InChI=1S/C14H21NO/c1-3-13-5-4-11(2)8-14(13)16-10-12-6-7-15-9-12/h4-5,8,12,15H,3,6-7,9-10H2,1-2H3. The maximum atomic E-state index is 5.95. The van der Waals surface area contributed by atoms with E-state index in [1.165, 1.54) is 17.5 Å². The third kappa shape index (κ3) is 2.76. The number of hydrogen-bond acceptors (Lipinski definition) is 2. The predicted molar refractivity (Wildman–Crippen MR) is 67.0 cm³/mol. The van der Waals surface area contributed by atoms with Crippen LogP contribution in [-0.4, -0.2) is 19.7 Å². The monoisotopic (exact) mass is 219 g/mol. The average Bonchev–Trinajstić information content (AvgIpc) is 2.79. The molecule has 1 atom stereocenters. The highest BCUT2D eigenvalue weighted by Crippen LogP contribution is 2.22. The molecule has 1 fully saturated rings. The van der Waals surface area contributed by atoms with Crippen molar-refractivity contribution in [3.8, 4) is 5.75 Å². The molecule has 1 aromatic carbocycles. The first-order chi connectivity index (χ1) is 7.79. The summed E-state index contributed by atoms with van der Waals surface area (Å²) in [4.78, 5) is 0. The molecule has 1 aliphatic rings. The van der Waals surface area contributed by atoms with Gasteiger partial charge in [0.1, 0.15) is 5.75 Å².